The average Bonchev–Trinajstić information content (AvgIpc) is 3.34. The van der Waals surface area contributed by atoms with Crippen LogP contribution in [0.15, 0.2) is 72.8 Å². The fourth-order valence-electron chi connectivity index (χ4n) is 6.92. The van der Waals surface area contributed by atoms with Gasteiger partial charge in [0.25, 0.3) is 5.91 Å². The molecule has 1 saturated heterocycles. The highest BCUT2D eigenvalue weighted by atomic mass is 28.4. The molecule has 2 amide bonds. The largest absolute Gasteiger partial charge is 0.497 e. The number of fused-ring (bicyclic) bond motifs is 1. The molecular weight excluding hydrogens is 575 g/mol. The summed E-state index contributed by atoms with van der Waals surface area (Å²) in [6, 6.07) is 22.4. The van der Waals surface area contributed by atoms with Crippen molar-refractivity contribution in [1.29, 1.82) is 0 Å². The predicted octanol–water partition coefficient (Wildman–Crippen LogP) is 6.16. The first-order chi connectivity index (χ1) is 21.1. The fraction of sp³-hybridized carbons (Fsp3) is 0.429. The van der Waals surface area contributed by atoms with Gasteiger partial charge in [-0.1, -0.05) is 43.3 Å². The van der Waals surface area contributed by atoms with Crippen LogP contribution in [0.4, 0.5) is 9.80 Å². The van der Waals surface area contributed by atoms with Crippen LogP contribution in [0.5, 0.6) is 5.75 Å². The average molecular weight is 619 g/mol. The second-order valence-electron chi connectivity index (χ2n) is 12.6. The van der Waals surface area contributed by atoms with Gasteiger partial charge in [0.15, 0.2) is 0 Å². The van der Waals surface area contributed by atoms with E-state index in [1.807, 2.05) is 48.5 Å². The Morgan fingerprint density at radius 2 is 1.70 bits per heavy atom. The summed E-state index contributed by atoms with van der Waals surface area (Å²) in [6.07, 6.45) is 1.53. The smallest absolute Gasteiger partial charge is 0.255 e. The van der Waals surface area contributed by atoms with Crippen LogP contribution < -0.4 is 10.1 Å². The number of amides is 2. The molecule has 5 rings (SSSR count). The molecule has 1 fully saturated rings. The molecular formula is C35H43FN2O5Si. The third-order valence-electron chi connectivity index (χ3n) is 9.24. The molecule has 9 heteroatoms. The van der Waals surface area contributed by atoms with Gasteiger partial charge in [-0.3, -0.25) is 9.59 Å². The first-order valence-corrected chi connectivity index (χ1v) is 18.4. The molecule has 0 aliphatic carbocycles. The number of benzene rings is 3. The normalized spacial score (nSPS) is 23.2. The van der Waals surface area contributed by atoms with Crippen molar-refractivity contribution in [2.45, 2.75) is 76.0 Å². The van der Waals surface area contributed by atoms with Crippen LogP contribution >= 0.6 is 0 Å². The van der Waals surface area contributed by atoms with Gasteiger partial charge in [0, 0.05) is 23.3 Å². The zero-order chi connectivity index (χ0) is 31.4. The van der Waals surface area contributed by atoms with Crippen molar-refractivity contribution in [3.8, 4) is 5.75 Å². The van der Waals surface area contributed by atoms with E-state index >= 15 is 4.11 Å². The second kappa shape index (κ2) is 13.6. The topological polar surface area (TPSA) is 88.1 Å². The second-order valence-corrected chi connectivity index (χ2v) is 16.4. The summed E-state index contributed by atoms with van der Waals surface area (Å²) < 4.78 is 27.4. The highest BCUT2D eigenvalue weighted by Gasteiger charge is 2.52. The highest BCUT2D eigenvalue weighted by molar-refractivity contribution is 6.72. The SMILES string of the molecule is COc1ccc(C(=O)Nc2ccc(CC[C@H]3O[C@@H](CC(=O)N4Cc5ccccc5C[C@H]4CO)[C@H]([Si](C)(C)F)[C@H]3C)cc2)cc1. The lowest BCUT2D eigenvalue weighted by atomic mass is 9.93. The minimum atomic E-state index is -3.15. The van der Waals surface area contributed by atoms with E-state index in [4.69, 9.17) is 9.47 Å². The number of ether oxygens (including phenoxy) is 2. The van der Waals surface area contributed by atoms with Crippen LogP contribution in [-0.2, 0) is 28.9 Å². The molecule has 7 nitrogen and oxygen atoms in total. The Kier molecular flexibility index (Phi) is 9.87. The third kappa shape index (κ3) is 7.22. The van der Waals surface area contributed by atoms with Crippen molar-refractivity contribution < 1.29 is 28.3 Å². The number of anilines is 1. The lowest BCUT2D eigenvalue weighted by Gasteiger charge is -2.37. The number of nitrogens with one attached hydrogen (secondary N) is 1. The number of aryl methyl sites for hydroxylation is 1. The standard InChI is InChI=1S/C35H43FN2O5Si/c1-23-31(18-11-24-9-14-28(15-10-24)37-35(41)25-12-16-30(42-2)17-13-25)43-32(34(23)44(3,4)36)20-33(40)38-21-27-8-6-5-7-26(27)19-29(38)22-39/h5-10,12-17,23,29,31-32,34,39H,11,18-22H2,1-4H3,(H,37,41)/t23-,29-,31+,32-,34+/m0/s1. The number of aliphatic hydroxyl groups is 1. The summed E-state index contributed by atoms with van der Waals surface area (Å²) in [5, 5.41) is 13.0. The molecule has 2 N–H and O–H groups in total. The van der Waals surface area contributed by atoms with Crippen LogP contribution in [0.1, 0.15) is 46.8 Å². The molecule has 0 saturated carbocycles. The van der Waals surface area contributed by atoms with Crippen LogP contribution in [0.25, 0.3) is 0 Å². The lowest BCUT2D eigenvalue weighted by molar-refractivity contribution is -0.138. The molecule has 0 radical (unpaired) electrons. The van der Waals surface area contributed by atoms with Crippen molar-refractivity contribution >= 4 is 25.9 Å². The third-order valence-corrected chi connectivity index (χ3v) is 11.7. The van der Waals surface area contributed by atoms with E-state index in [-0.39, 0.29) is 48.4 Å². The molecule has 3 aromatic carbocycles. The van der Waals surface area contributed by atoms with Gasteiger partial charge in [-0.05, 0) is 91.4 Å². The summed E-state index contributed by atoms with van der Waals surface area (Å²) in [6.45, 7) is 5.82. The molecule has 2 aliphatic rings. The quantitative estimate of drug-likeness (QED) is 0.210. The number of hydrogen-bond donors (Lipinski definition) is 2. The maximum absolute atomic E-state index is 15.7. The van der Waals surface area contributed by atoms with Gasteiger partial charge in [-0.15, -0.1) is 0 Å². The minimum absolute atomic E-state index is 0.0155. The van der Waals surface area contributed by atoms with Crippen molar-refractivity contribution in [1.82, 2.24) is 4.90 Å². The van der Waals surface area contributed by atoms with E-state index < -0.39 is 14.5 Å². The molecule has 2 heterocycles. The first-order valence-electron chi connectivity index (χ1n) is 15.4. The number of carbonyl (C=O) groups excluding carboxylic acids is 2. The number of nitrogens with zero attached hydrogens (tertiary/aromatic N) is 1. The Labute approximate surface area is 260 Å². The molecule has 44 heavy (non-hydrogen) atoms. The van der Waals surface area contributed by atoms with E-state index in [9.17, 15) is 14.7 Å². The predicted molar refractivity (Wildman–Crippen MR) is 172 cm³/mol. The van der Waals surface area contributed by atoms with Gasteiger partial charge in [0.2, 0.25) is 14.3 Å². The Hall–Kier alpha value is -3.53. The molecule has 0 bridgehead atoms. The highest BCUT2D eigenvalue weighted by Crippen LogP contribution is 2.47. The number of halogens is 1. The molecule has 0 aromatic heterocycles. The first kappa shape index (κ1) is 31.9. The summed E-state index contributed by atoms with van der Waals surface area (Å²) in [4.78, 5) is 28.0. The number of aliphatic hydroxyl groups excluding tert-OH is 1. The number of rotatable bonds is 10. The molecule has 5 atom stereocenters. The van der Waals surface area contributed by atoms with Gasteiger partial charge in [0.1, 0.15) is 5.75 Å². The van der Waals surface area contributed by atoms with Crippen molar-refractivity contribution in [2.75, 3.05) is 19.0 Å². The van der Waals surface area contributed by atoms with Crippen molar-refractivity contribution in [3.63, 3.8) is 0 Å². The fourth-order valence-corrected chi connectivity index (χ4v) is 9.46. The van der Waals surface area contributed by atoms with Gasteiger partial charge in [0.05, 0.1) is 38.4 Å². The summed E-state index contributed by atoms with van der Waals surface area (Å²) in [5.74, 6) is 0.388. The van der Waals surface area contributed by atoms with Crippen molar-refractivity contribution in [3.05, 3.63) is 95.1 Å². The molecule has 3 aromatic rings. The van der Waals surface area contributed by atoms with Gasteiger partial charge in [-0.25, -0.2) is 0 Å². The Morgan fingerprint density at radius 1 is 1.02 bits per heavy atom. The zero-order valence-electron chi connectivity index (χ0n) is 26.0. The molecule has 234 valence electrons. The van der Waals surface area contributed by atoms with E-state index in [1.54, 1.807) is 49.4 Å². The van der Waals surface area contributed by atoms with E-state index in [1.165, 1.54) is 0 Å². The Bertz CT molecular complexity index is 1440. The molecule has 0 unspecified atom stereocenters. The summed E-state index contributed by atoms with van der Waals surface area (Å²) in [5.41, 5.74) is 4.29. The van der Waals surface area contributed by atoms with Gasteiger partial charge < -0.3 is 28.9 Å². The monoisotopic (exact) mass is 618 g/mol. The lowest BCUT2D eigenvalue weighted by Crippen LogP contribution is -2.48. The van der Waals surface area contributed by atoms with Crippen molar-refractivity contribution in [2.24, 2.45) is 5.92 Å². The summed E-state index contributed by atoms with van der Waals surface area (Å²) >= 11 is 0. The van der Waals surface area contributed by atoms with E-state index in [0.29, 0.717) is 36.4 Å². The maximum Gasteiger partial charge on any atom is 0.255 e. The van der Waals surface area contributed by atoms with Crippen LogP contribution in [-0.4, -0.2) is 62.2 Å². The number of hydrogen-bond acceptors (Lipinski definition) is 5. The van der Waals surface area contributed by atoms with E-state index in [2.05, 4.69) is 12.2 Å². The van der Waals surface area contributed by atoms with E-state index in [0.717, 1.165) is 23.1 Å². The zero-order valence-corrected chi connectivity index (χ0v) is 27.0. The Balaban J connectivity index is 1.20. The van der Waals surface area contributed by atoms with Crippen LogP contribution in [0, 0.1) is 5.92 Å². The van der Waals surface area contributed by atoms with Gasteiger partial charge >= 0.3 is 0 Å². The molecule has 0 spiro atoms. The number of carbonyl (C=O) groups is 2. The maximum atomic E-state index is 15.7. The van der Waals surface area contributed by atoms with Crippen LogP contribution in [0.2, 0.25) is 18.6 Å². The van der Waals surface area contributed by atoms with Gasteiger partial charge in [-0.2, -0.15) is 0 Å². The van der Waals surface area contributed by atoms with Crippen LogP contribution in [0.3, 0.4) is 0 Å². The number of methoxy groups -OCH3 is 1. The summed E-state index contributed by atoms with van der Waals surface area (Å²) in [7, 11) is -1.56. The minimum Gasteiger partial charge on any atom is -0.497 e. The Morgan fingerprint density at radius 3 is 2.34 bits per heavy atom. The molecule has 2 aliphatic heterocycles.